The van der Waals surface area contributed by atoms with Crippen molar-refractivity contribution in [3.05, 3.63) is 78.9 Å². The Kier molecular flexibility index (Phi) is 6.72. The van der Waals surface area contributed by atoms with Gasteiger partial charge in [0.05, 0.1) is 20.0 Å². The maximum Gasteiger partial charge on any atom is 0.234 e. The summed E-state index contributed by atoms with van der Waals surface area (Å²) >= 11 is 1.32. The number of para-hydroxylation sites is 1. The highest BCUT2D eigenvalue weighted by atomic mass is 32.2. The smallest absolute Gasteiger partial charge is 0.234 e. The van der Waals surface area contributed by atoms with Crippen molar-refractivity contribution in [3.63, 3.8) is 0 Å². The molecule has 7 nitrogen and oxygen atoms in total. The number of amides is 1. The van der Waals surface area contributed by atoms with Gasteiger partial charge >= 0.3 is 0 Å². The molecule has 32 heavy (non-hydrogen) atoms. The molecule has 0 aliphatic rings. The molecule has 0 unspecified atom stereocenters. The van der Waals surface area contributed by atoms with Crippen LogP contribution in [-0.2, 0) is 4.79 Å². The summed E-state index contributed by atoms with van der Waals surface area (Å²) in [5, 5.41) is 12.3. The molecule has 0 aliphatic carbocycles. The van der Waals surface area contributed by atoms with Crippen molar-refractivity contribution in [2.45, 2.75) is 5.16 Å². The number of carbonyl (C=O) groups excluding carboxylic acids is 1. The minimum Gasteiger partial charge on any atom is -0.497 e. The molecule has 1 amide bonds. The number of ether oxygens (including phenoxy) is 2. The van der Waals surface area contributed by atoms with Crippen molar-refractivity contribution in [2.24, 2.45) is 0 Å². The Morgan fingerprint density at radius 1 is 0.906 bits per heavy atom. The van der Waals surface area contributed by atoms with E-state index >= 15 is 0 Å². The minimum absolute atomic E-state index is 0.166. The molecule has 8 heteroatoms. The standard InChI is InChI=1S/C24H22N4O3S/c1-30-20-13-18(14-21(15-20)31-2)25-22(29)16-32-24-27-26-23(17-9-5-3-6-10-17)28(24)19-11-7-4-8-12-19/h3-15H,16H2,1-2H3,(H,25,29). The second kappa shape index (κ2) is 10.0. The number of benzene rings is 3. The van der Waals surface area contributed by atoms with E-state index in [1.807, 2.05) is 65.2 Å². The number of methoxy groups -OCH3 is 2. The maximum absolute atomic E-state index is 12.6. The van der Waals surface area contributed by atoms with Crippen molar-refractivity contribution in [3.8, 4) is 28.6 Å². The van der Waals surface area contributed by atoms with Gasteiger partial charge in [-0.05, 0) is 12.1 Å². The van der Waals surface area contributed by atoms with E-state index in [0.717, 1.165) is 17.1 Å². The Hall–Kier alpha value is -3.78. The molecule has 1 heterocycles. The van der Waals surface area contributed by atoms with Crippen LogP contribution in [0, 0.1) is 0 Å². The molecule has 0 saturated carbocycles. The van der Waals surface area contributed by atoms with Gasteiger partial charge in [0.2, 0.25) is 5.91 Å². The normalized spacial score (nSPS) is 10.6. The van der Waals surface area contributed by atoms with E-state index < -0.39 is 0 Å². The lowest BCUT2D eigenvalue weighted by atomic mass is 10.2. The number of hydrogen-bond donors (Lipinski definition) is 1. The Balaban J connectivity index is 1.55. The molecule has 0 bridgehead atoms. The third-order valence-electron chi connectivity index (χ3n) is 4.65. The highest BCUT2D eigenvalue weighted by Crippen LogP contribution is 2.29. The van der Waals surface area contributed by atoms with Crippen LogP contribution in [0.15, 0.2) is 84.0 Å². The van der Waals surface area contributed by atoms with Gasteiger partial charge in [0, 0.05) is 35.1 Å². The topological polar surface area (TPSA) is 78.3 Å². The van der Waals surface area contributed by atoms with Gasteiger partial charge in [0.25, 0.3) is 0 Å². The molecule has 4 rings (SSSR count). The number of nitrogens with one attached hydrogen (secondary N) is 1. The number of nitrogens with zero attached hydrogens (tertiary/aromatic N) is 3. The molecule has 0 atom stereocenters. The molecule has 0 radical (unpaired) electrons. The van der Waals surface area contributed by atoms with Crippen LogP contribution in [0.2, 0.25) is 0 Å². The van der Waals surface area contributed by atoms with Gasteiger partial charge in [-0.25, -0.2) is 0 Å². The molecule has 0 fully saturated rings. The highest BCUT2D eigenvalue weighted by molar-refractivity contribution is 7.99. The predicted octanol–water partition coefficient (Wildman–Crippen LogP) is 4.68. The predicted molar refractivity (Wildman–Crippen MR) is 126 cm³/mol. The summed E-state index contributed by atoms with van der Waals surface area (Å²) in [5.41, 5.74) is 2.47. The molecule has 1 N–H and O–H groups in total. The molecule has 3 aromatic carbocycles. The molecular weight excluding hydrogens is 424 g/mol. The number of thioether (sulfide) groups is 1. The second-order valence-electron chi connectivity index (χ2n) is 6.78. The van der Waals surface area contributed by atoms with Gasteiger partial charge in [-0.15, -0.1) is 10.2 Å². The van der Waals surface area contributed by atoms with E-state index in [1.165, 1.54) is 11.8 Å². The lowest BCUT2D eigenvalue weighted by Gasteiger charge is -2.11. The summed E-state index contributed by atoms with van der Waals surface area (Å²) in [6.07, 6.45) is 0. The van der Waals surface area contributed by atoms with E-state index in [2.05, 4.69) is 15.5 Å². The van der Waals surface area contributed by atoms with Crippen LogP contribution in [0.4, 0.5) is 5.69 Å². The zero-order valence-electron chi connectivity index (χ0n) is 17.7. The summed E-state index contributed by atoms with van der Waals surface area (Å²) in [5.74, 6) is 1.91. The summed E-state index contributed by atoms with van der Waals surface area (Å²) in [4.78, 5) is 12.6. The summed E-state index contributed by atoms with van der Waals surface area (Å²) in [7, 11) is 3.13. The Morgan fingerprint density at radius 3 is 2.16 bits per heavy atom. The van der Waals surface area contributed by atoms with Gasteiger partial charge in [0.15, 0.2) is 11.0 Å². The van der Waals surface area contributed by atoms with Crippen molar-refractivity contribution < 1.29 is 14.3 Å². The molecule has 4 aromatic rings. The first kappa shape index (κ1) is 21.5. The number of carbonyl (C=O) groups is 1. The first-order chi connectivity index (χ1) is 15.7. The van der Waals surface area contributed by atoms with Crippen LogP contribution in [0.5, 0.6) is 11.5 Å². The fourth-order valence-corrected chi connectivity index (χ4v) is 3.91. The number of aromatic nitrogens is 3. The quantitative estimate of drug-likeness (QED) is 0.396. The van der Waals surface area contributed by atoms with E-state index in [1.54, 1.807) is 32.4 Å². The highest BCUT2D eigenvalue weighted by Gasteiger charge is 2.17. The SMILES string of the molecule is COc1cc(NC(=O)CSc2nnc(-c3ccccc3)n2-c2ccccc2)cc(OC)c1. The molecule has 0 spiro atoms. The van der Waals surface area contributed by atoms with Gasteiger partial charge in [-0.3, -0.25) is 9.36 Å². The fourth-order valence-electron chi connectivity index (χ4n) is 3.15. The van der Waals surface area contributed by atoms with Crippen LogP contribution in [0.1, 0.15) is 0 Å². The minimum atomic E-state index is -0.172. The number of rotatable bonds is 8. The summed E-state index contributed by atoms with van der Waals surface area (Å²) in [6.45, 7) is 0. The summed E-state index contributed by atoms with van der Waals surface area (Å²) in [6, 6.07) is 24.9. The zero-order chi connectivity index (χ0) is 22.3. The zero-order valence-corrected chi connectivity index (χ0v) is 18.5. The number of anilines is 1. The molecule has 0 saturated heterocycles. The monoisotopic (exact) mass is 446 g/mol. The Bertz CT molecular complexity index is 1170. The van der Waals surface area contributed by atoms with Gasteiger partial charge < -0.3 is 14.8 Å². The first-order valence-electron chi connectivity index (χ1n) is 9.90. The van der Waals surface area contributed by atoms with E-state index in [0.29, 0.717) is 22.3 Å². The molecule has 1 aromatic heterocycles. The average Bonchev–Trinajstić information content (AvgIpc) is 3.27. The molecular formula is C24H22N4O3S. The van der Waals surface area contributed by atoms with Crippen LogP contribution in [-0.4, -0.2) is 40.6 Å². The third kappa shape index (κ3) is 4.92. The lowest BCUT2D eigenvalue weighted by Crippen LogP contribution is -2.14. The third-order valence-corrected chi connectivity index (χ3v) is 5.58. The molecule has 0 aliphatic heterocycles. The Morgan fingerprint density at radius 2 is 1.53 bits per heavy atom. The number of hydrogen-bond acceptors (Lipinski definition) is 6. The van der Waals surface area contributed by atoms with Crippen LogP contribution >= 0.6 is 11.8 Å². The first-order valence-corrected chi connectivity index (χ1v) is 10.9. The van der Waals surface area contributed by atoms with Crippen LogP contribution < -0.4 is 14.8 Å². The van der Waals surface area contributed by atoms with Crippen LogP contribution in [0.3, 0.4) is 0 Å². The van der Waals surface area contributed by atoms with E-state index in [-0.39, 0.29) is 11.7 Å². The summed E-state index contributed by atoms with van der Waals surface area (Å²) < 4.78 is 12.5. The largest absolute Gasteiger partial charge is 0.497 e. The van der Waals surface area contributed by atoms with Crippen molar-refractivity contribution in [1.82, 2.24) is 14.8 Å². The van der Waals surface area contributed by atoms with Crippen molar-refractivity contribution in [2.75, 3.05) is 25.3 Å². The van der Waals surface area contributed by atoms with Gasteiger partial charge in [0.1, 0.15) is 11.5 Å². The van der Waals surface area contributed by atoms with Crippen molar-refractivity contribution >= 4 is 23.4 Å². The van der Waals surface area contributed by atoms with E-state index in [9.17, 15) is 4.79 Å². The lowest BCUT2D eigenvalue weighted by molar-refractivity contribution is -0.113. The fraction of sp³-hybridized carbons (Fsp3) is 0.125. The van der Waals surface area contributed by atoms with Crippen molar-refractivity contribution in [1.29, 1.82) is 0 Å². The van der Waals surface area contributed by atoms with Gasteiger partial charge in [-0.1, -0.05) is 60.3 Å². The van der Waals surface area contributed by atoms with E-state index in [4.69, 9.17) is 9.47 Å². The van der Waals surface area contributed by atoms with Gasteiger partial charge in [-0.2, -0.15) is 0 Å². The average molecular weight is 447 g/mol. The second-order valence-corrected chi connectivity index (χ2v) is 7.72. The van der Waals surface area contributed by atoms with Crippen LogP contribution in [0.25, 0.3) is 17.1 Å². The maximum atomic E-state index is 12.6. The Labute approximate surface area is 190 Å². The molecule has 162 valence electrons.